The molecule has 0 aliphatic heterocycles. The second-order valence-corrected chi connectivity index (χ2v) is 8.77. The van der Waals surface area contributed by atoms with Crippen LogP contribution in [0.4, 0.5) is 0 Å². The lowest BCUT2D eigenvalue weighted by Gasteiger charge is -2.24. The number of likely N-dealkylation sites (N-methyl/N-ethyl adjacent to an activating group) is 1. The van der Waals surface area contributed by atoms with Crippen molar-refractivity contribution in [3.63, 3.8) is 0 Å². The van der Waals surface area contributed by atoms with Crippen LogP contribution in [0, 0.1) is 12.8 Å². The van der Waals surface area contributed by atoms with E-state index in [2.05, 4.69) is 14.6 Å². The highest BCUT2D eigenvalue weighted by Gasteiger charge is 2.26. The van der Waals surface area contributed by atoms with E-state index in [0.29, 0.717) is 31.1 Å². The molecular formula is C25H31N5O2. The largest absolute Gasteiger partial charge is 0.343 e. The van der Waals surface area contributed by atoms with Crippen molar-refractivity contribution in [2.75, 3.05) is 13.6 Å². The fourth-order valence-corrected chi connectivity index (χ4v) is 4.63. The molecule has 3 heterocycles. The standard InChI is InChI=1S/C25H31N5O2/c1-19-15-23(31)24(25(32)28(2)13-14-29-12-6-11-27-29)22(16-20-7-3-4-8-20)30(19)18-21-9-5-10-26-17-21/h5-6,9-12,15,17,20H,3-4,7-8,13-14,16,18H2,1-2H3. The van der Waals surface area contributed by atoms with E-state index in [0.717, 1.165) is 36.2 Å². The van der Waals surface area contributed by atoms with Crippen LogP contribution in [0.5, 0.6) is 0 Å². The van der Waals surface area contributed by atoms with Gasteiger partial charge in [0.15, 0.2) is 5.43 Å². The SMILES string of the molecule is Cc1cc(=O)c(C(=O)N(C)CCn2cccn2)c(CC2CCCC2)n1Cc1cccnc1. The van der Waals surface area contributed by atoms with Gasteiger partial charge in [-0.3, -0.25) is 19.3 Å². The summed E-state index contributed by atoms with van der Waals surface area (Å²) in [5, 5.41) is 4.20. The summed E-state index contributed by atoms with van der Waals surface area (Å²) in [5.41, 5.74) is 2.92. The summed E-state index contributed by atoms with van der Waals surface area (Å²) >= 11 is 0. The molecule has 1 aliphatic rings. The second kappa shape index (κ2) is 9.94. The van der Waals surface area contributed by atoms with Crippen LogP contribution in [0.15, 0.2) is 53.8 Å². The van der Waals surface area contributed by atoms with Crippen LogP contribution in [-0.2, 0) is 19.5 Å². The minimum atomic E-state index is -0.213. The average Bonchev–Trinajstić information content (AvgIpc) is 3.49. The summed E-state index contributed by atoms with van der Waals surface area (Å²) in [6, 6.07) is 7.41. The van der Waals surface area contributed by atoms with E-state index in [-0.39, 0.29) is 11.3 Å². The number of carbonyl (C=O) groups excluding carboxylic acids is 1. The van der Waals surface area contributed by atoms with Gasteiger partial charge in [-0.2, -0.15) is 5.10 Å². The predicted octanol–water partition coefficient (Wildman–Crippen LogP) is 3.30. The van der Waals surface area contributed by atoms with E-state index in [1.54, 1.807) is 35.1 Å². The van der Waals surface area contributed by atoms with Gasteiger partial charge in [-0.05, 0) is 37.0 Å². The Hall–Kier alpha value is -3.22. The first kappa shape index (κ1) is 22.0. The molecule has 0 N–H and O–H groups in total. The molecule has 0 spiro atoms. The predicted molar refractivity (Wildman–Crippen MR) is 124 cm³/mol. The van der Waals surface area contributed by atoms with Gasteiger partial charge in [0.1, 0.15) is 5.56 Å². The van der Waals surface area contributed by atoms with Crippen molar-refractivity contribution in [2.45, 2.75) is 52.1 Å². The lowest BCUT2D eigenvalue weighted by Crippen LogP contribution is -2.36. The highest BCUT2D eigenvalue weighted by Crippen LogP contribution is 2.29. The zero-order chi connectivity index (χ0) is 22.5. The molecule has 7 heteroatoms. The maximum atomic E-state index is 13.5. The van der Waals surface area contributed by atoms with E-state index < -0.39 is 0 Å². The first-order chi connectivity index (χ1) is 15.5. The van der Waals surface area contributed by atoms with E-state index in [9.17, 15) is 9.59 Å². The summed E-state index contributed by atoms with van der Waals surface area (Å²) in [6.07, 6.45) is 12.7. The van der Waals surface area contributed by atoms with Crippen molar-refractivity contribution in [1.82, 2.24) is 24.2 Å². The van der Waals surface area contributed by atoms with Gasteiger partial charge < -0.3 is 9.47 Å². The smallest absolute Gasteiger partial charge is 0.259 e. The lowest BCUT2D eigenvalue weighted by molar-refractivity contribution is 0.0785. The molecule has 3 aromatic heterocycles. The number of aromatic nitrogens is 4. The molecular weight excluding hydrogens is 402 g/mol. The van der Waals surface area contributed by atoms with Crippen LogP contribution in [-0.4, -0.2) is 43.7 Å². The summed E-state index contributed by atoms with van der Waals surface area (Å²) in [7, 11) is 1.76. The molecule has 0 saturated heterocycles. The van der Waals surface area contributed by atoms with Crippen molar-refractivity contribution >= 4 is 5.91 Å². The number of nitrogens with zero attached hydrogens (tertiary/aromatic N) is 5. The van der Waals surface area contributed by atoms with Crippen molar-refractivity contribution < 1.29 is 4.79 Å². The molecule has 0 unspecified atom stereocenters. The van der Waals surface area contributed by atoms with Gasteiger partial charge in [0.25, 0.3) is 5.91 Å². The zero-order valence-corrected chi connectivity index (χ0v) is 18.9. The number of aryl methyl sites for hydroxylation is 1. The molecule has 1 aliphatic carbocycles. The molecule has 168 valence electrons. The van der Waals surface area contributed by atoms with Crippen LogP contribution < -0.4 is 5.43 Å². The Morgan fingerprint density at radius 1 is 1.22 bits per heavy atom. The number of hydrogen-bond acceptors (Lipinski definition) is 4. The third kappa shape index (κ3) is 4.98. The van der Waals surface area contributed by atoms with Gasteiger partial charge in [-0.15, -0.1) is 0 Å². The molecule has 1 fully saturated rings. The summed E-state index contributed by atoms with van der Waals surface area (Å²) in [5.74, 6) is 0.298. The molecule has 32 heavy (non-hydrogen) atoms. The number of rotatable bonds is 8. The van der Waals surface area contributed by atoms with E-state index in [4.69, 9.17) is 0 Å². The normalized spacial score (nSPS) is 14.1. The van der Waals surface area contributed by atoms with Gasteiger partial charge in [-0.1, -0.05) is 31.7 Å². The number of amides is 1. The number of carbonyl (C=O) groups is 1. The Labute approximate surface area is 188 Å². The van der Waals surface area contributed by atoms with Crippen molar-refractivity contribution in [3.05, 3.63) is 81.8 Å². The zero-order valence-electron chi connectivity index (χ0n) is 18.9. The van der Waals surface area contributed by atoms with E-state index >= 15 is 0 Å². The van der Waals surface area contributed by atoms with Gasteiger partial charge >= 0.3 is 0 Å². The quantitative estimate of drug-likeness (QED) is 0.546. The highest BCUT2D eigenvalue weighted by molar-refractivity contribution is 5.95. The first-order valence-electron chi connectivity index (χ1n) is 11.4. The number of pyridine rings is 2. The van der Waals surface area contributed by atoms with Crippen LogP contribution in [0.2, 0.25) is 0 Å². The molecule has 1 amide bonds. The third-order valence-electron chi connectivity index (χ3n) is 6.43. The molecule has 0 aromatic carbocycles. The van der Waals surface area contributed by atoms with Crippen LogP contribution in [0.3, 0.4) is 0 Å². The van der Waals surface area contributed by atoms with Gasteiger partial charge in [0, 0.05) is 62.4 Å². The van der Waals surface area contributed by atoms with E-state index in [1.165, 1.54) is 12.8 Å². The van der Waals surface area contributed by atoms with Crippen molar-refractivity contribution in [1.29, 1.82) is 0 Å². The Balaban J connectivity index is 1.69. The fraction of sp³-hybridized carbons (Fsp3) is 0.440. The van der Waals surface area contributed by atoms with Gasteiger partial charge in [0.05, 0.1) is 6.54 Å². The highest BCUT2D eigenvalue weighted by atomic mass is 16.2. The monoisotopic (exact) mass is 433 g/mol. The van der Waals surface area contributed by atoms with Crippen LogP contribution in [0.1, 0.15) is 53.0 Å². The Kier molecular flexibility index (Phi) is 6.83. The Morgan fingerprint density at radius 3 is 2.72 bits per heavy atom. The second-order valence-electron chi connectivity index (χ2n) is 8.77. The van der Waals surface area contributed by atoms with Crippen LogP contribution >= 0.6 is 0 Å². The maximum absolute atomic E-state index is 13.5. The molecule has 4 rings (SSSR count). The molecule has 1 saturated carbocycles. The van der Waals surface area contributed by atoms with Gasteiger partial charge in [-0.25, -0.2) is 0 Å². The number of hydrogen-bond donors (Lipinski definition) is 0. The minimum absolute atomic E-state index is 0.186. The maximum Gasteiger partial charge on any atom is 0.259 e. The first-order valence-corrected chi connectivity index (χ1v) is 11.4. The van der Waals surface area contributed by atoms with Gasteiger partial charge in [0.2, 0.25) is 0 Å². The lowest BCUT2D eigenvalue weighted by atomic mass is 9.96. The Bertz CT molecular complexity index is 1100. The average molecular weight is 434 g/mol. The summed E-state index contributed by atoms with van der Waals surface area (Å²) in [4.78, 5) is 32.5. The van der Waals surface area contributed by atoms with Crippen LogP contribution in [0.25, 0.3) is 0 Å². The molecule has 7 nitrogen and oxygen atoms in total. The summed E-state index contributed by atoms with van der Waals surface area (Å²) < 4.78 is 3.93. The van der Waals surface area contributed by atoms with E-state index in [1.807, 2.05) is 37.5 Å². The topological polar surface area (TPSA) is 73.0 Å². The third-order valence-corrected chi connectivity index (χ3v) is 6.43. The molecule has 0 atom stereocenters. The van der Waals surface area contributed by atoms with Crippen molar-refractivity contribution in [3.8, 4) is 0 Å². The Morgan fingerprint density at radius 2 is 2.03 bits per heavy atom. The summed E-state index contributed by atoms with van der Waals surface area (Å²) in [6.45, 7) is 3.62. The molecule has 0 radical (unpaired) electrons. The molecule has 3 aromatic rings. The minimum Gasteiger partial charge on any atom is -0.343 e. The fourth-order valence-electron chi connectivity index (χ4n) is 4.63. The van der Waals surface area contributed by atoms with Crippen molar-refractivity contribution in [2.24, 2.45) is 5.92 Å². The molecule has 0 bridgehead atoms.